The summed E-state index contributed by atoms with van der Waals surface area (Å²) in [5.41, 5.74) is 16.7. The summed E-state index contributed by atoms with van der Waals surface area (Å²) in [7, 11) is 0. The summed E-state index contributed by atoms with van der Waals surface area (Å²) in [6.07, 6.45) is 6.69. The van der Waals surface area contributed by atoms with Gasteiger partial charge < -0.3 is 4.74 Å². The van der Waals surface area contributed by atoms with E-state index in [0.29, 0.717) is 5.82 Å². The van der Waals surface area contributed by atoms with Gasteiger partial charge in [0.2, 0.25) is 0 Å². The first-order chi connectivity index (χ1) is 29.8. The molecule has 12 rings (SSSR count). The van der Waals surface area contributed by atoms with Crippen molar-refractivity contribution in [1.82, 2.24) is 9.97 Å². The maximum Gasteiger partial charge on any atom is 0.161 e. The van der Waals surface area contributed by atoms with Crippen LogP contribution in [0.25, 0.3) is 72.5 Å². The molecule has 1 unspecified atom stereocenters. The minimum absolute atomic E-state index is 0.431. The van der Waals surface area contributed by atoms with Crippen molar-refractivity contribution < 1.29 is 4.74 Å². The third-order valence-electron chi connectivity index (χ3n) is 12.7. The van der Waals surface area contributed by atoms with Gasteiger partial charge in [-0.25, -0.2) is 9.97 Å². The van der Waals surface area contributed by atoms with E-state index in [4.69, 9.17) is 14.7 Å². The lowest BCUT2D eigenvalue weighted by molar-refractivity contribution is 0.432. The van der Waals surface area contributed by atoms with Crippen molar-refractivity contribution in [1.29, 1.82) is 0 Å². The van der Waals surface area contributed by atoms with Crippen LogP contribution in [0, 0.1) is 0 Å². The molecule has 1 atom stereocenters. The summed E-state index contributed by atoms with van der Waals surface area (Å²) in [4.78, 5) is 10.7. The lowest BCUT2D eigenvalue weighted by Crippen LogP contribution is -2.33. The van der Waals surface area contributed by atoms with Crippen molar-refractivity contribution in [2.24, 2.45) is 0 Å². The van der Waals surface area contributed by atoms with Gasteiger partial charge in [-0.1, -0.05) is 188 Å². The number of rotatable bonds is 5. The van der Waals surface area contributed by atoms with Gasteiger partial charge >= 0.3 is 0 Å². The van der Waals surface area contributed by atoms with Gasteiger partial charge in [0.1, 0.15) is 11.5 Å². The molecule has 3 aliphatic rings. The second-order valence-corrected chi connectivity index (χ2v) is 15.9. The molecule has 1 aromatic heterocycles. The lowest BCUT2D eigenvalue weighted by Gasteiger charge is -2.41. The maximum absolute atomic E-state index is 6.93. The van der Waals surface area contributed by atoms with Gasteiger partial charge in [-0.3, -0.25) is 0 Å². The van der Waals surface area contributed by atoms with E-state index in [1.54, 1.807) is 0 Å². The van der Waals surface area contributed by atoms with Crippen LogP contribution in [0.3, 0.4) is 0 Å². The normalized spacial score (nSPS) is 15.9. The van der Waals surface area contributed by atoms with E-state index in [0.717, 1.165) is 68.9 Å². The average molecular weight is 767 g/mol. The standard InChI is InChI=1S/C57H38N2O/c1-3-17-37(18-4-1)41-32-33-46(43-23-9-8-22-42(41)43)53-36-52(38-19-5-2-6-20-38)58-56(59-53)47-26-10-7-21-40(47)39-31-34-51-55(35-39)60-54-30-16-15-29-50(54)57(51)48-27-13-11-24-44(48)45-25-12-14-28-49(45)57/h1-13,15-27,29-36H,14,28H2. The molecule has 0 saturated heterocycles. The van der Waals surface area contributed by atoms with Crippen LogP contribution < -0.4 is 4.74 Å². The minimum atomic E-state index is -0.431. The maximum atomic E-state index is 6.93. The zero-order valence-electron chi connectivity index (χ0n) is 32.8. The Morgan fingerprint density at radius 1 is 0.417 bits per heavy atom. The molecule has 60 heavy (non-hydrogen) atoms. The predicted molar refractivity (Wildman–Crippen MR) is 245 cm³/mol. The number of fused-ring (bicyclic) bond motifs is 9. The smallest absolute Gasteiger partial charge is 0.161 e. The molecule has 0 radical (unpaired) electrons. The first-order valence-electron chi connectivity index (χ1n) is 20.8. The predicted octanol–water partition coefficient (Wildman–Crippen LogP) is 14.5. The van der Waals surface area contributed by atoms with E-state index in [-0.39, 0.29) is 0 Å². The van der Waals surface area contributed by atoms with E-state index in [1.165, 1.54) is 49.9 Å². The summed E-state index contributed by atoms with van der Waals surface area (Å²) in [5, 5.41) is 2.34. The largest absolute Gasteiger partial charge is 0.457 e. The molecule has 1 spiro atoms. The molecular weight excluding hydrogens is 729 g/mol. The summed E-state index contributed by atoms with van der Waals surface area (Å²) in [5.74, 6) is 2.46. The topological polar surface area (TPSA) is 35.0 Å². The van der Waals surface area contributed by atoms with Crippen molar-refractivity contribution in [3.8, 4) is 67.7 Å². The van der Waals surface area contributed by atoms with Crippen LogP contribution >= 0.6 is 0 Å². The molecule has 0 fully saturated rings. The Balaban J connectivity index is 1.04. The van der Waals surface area contributed by atoms with Crippen molar-refractivity contribution in [3.05, 3.63) is 234 Å². The second-order valence-electron chi connectivity index (χ2n) is 15.9. The Morgan fingerprint density at radius 3 is 1.85 bits per heavy atom. The lowest BCUT2D eigenvalue weighted by atomic mass is 9.64. The average Bonchev–Trinajstić information content (AvgIpc) is 3.62. The molecule has 0 amide bonds. The molecule has 3 heteroatoms. The van der Waals surface area contributed by atoms with Crippen LogP contribution in [0.1, 0.15) is 35.1 Å². The SMILES string of the molecule is C1=CC2=C(CC1)C1(c3ccccc3Oc3cc(-c4ccccc4-c4nc(-c5ccccc5)cc(-c5ccc(-c6ccccc6)c6ccccc56)n4)ccc31)c1ccccc12. The monoisotopic (exact) mass is 766 g/mol. The zero-order valence-corrected chi connectivity index (χ0v) is 32.8. The van der Waals surface area contributed by atoms with E-state index in [9.17, 15) is 0 Å². The van der Waals surface area contributed by atoms with Crippen molar-refractivity contribution in [3.63, 3.8) is 0 Å². The van der Waals surface area contributed by atoms with Crippen LogP contribution in [-0.4, -0.2) is 9.97 Å². The van der Waals surface area contributed by atoms with Crippen LogP contribution in [-0.2, 0) is 5.41 Å². The first-order valence-corrected chi connectivity index (χ1v) is 20.8. The fourth-order valence-corrected chi connectivity index (χ4v) is 10.1. The number of para-hydroxylation sites is 1. The minimum Gasteiger partial charge on any atom is -0.457 e. The van der Waals surface area contributed by atoms with Crippen molar-refractivity contribution in [2.75, 3.05) is 0 Å². The van der Waals surface area contributed by atoms with Crippen molar-refractivity contribution in [2.45, 2.75) is 18.3 Å². The fourth-order valence-electron chi connectivity index (χ4n) is 10.1. The van der Waals surface area contributed by atoms with E-state index in [1.807, 2.05) is 6.07 Å². The van der Waals surface area contributed by atoms with Gasteiger partial charge in [-0.05, 0) is 86.3 Å². The van der Waals surface area contributed by atoms with Gasteiger partial charge in [0, 0.05) is 27.8 Å². The number of allylic oxidation sites excluding steroid dienone is 4. The fraction of sp³-hybridized carbons (Fsp3) is 0.0526. The number of hydrogen-bond acceptors (Lipinski definition) is 3. The van der Waals surface area contributed by atoms with Gasteiger partial charge in [-0.15, -0.1) is 0 Å². The summed E-state index contributed by atoms with van der Waals surface area (Å²) in [6, 6.07) is 69.2. The number of aromatic nitrogens is 2. The highest BCUT2D eigenvalue weighted by molar-refractivity contribution is 6.05. The van der Waals surface area contributed by atoms with Gasteiger partial charge in [-0.2, -0.15) is 0 Å². The van der Waals surface area contributed by atoms with Crippen LogP contribution in [0.5, 0.6) is 11.5 Å². The van der Waals surface area contributed by atoms with Crippen LogP contribution in [0.4, 0.5) is 0 Å². The van der Waals surface area contributed by atoms with E-state index in [2.05, 4.69) is 200 Å². The summed E-state index contributed by atoms with van der Waals surface area (Å²) < 4.78 is 6.93. The molecule has 3 nitrogen and oxygen atoms in total. The molecule has 282 valence electrons. The highest BCUT2D eigenvalue weighted by Crippen LogP contribution is 2.63. The number of benzene rings is 8. The van der Waals surface area contributed by atoms with E-state index < -0.39 is 5.41 Å². The molecule has 0 saturated carbocycles. The van der Waals surface area contributed by atoms with Crippen LogP contribution in [0.15, 0.2) is 212 Å². The molecular formula is C57H38N2O. The highest BCUT2D eigenvalue weighted by atomic mass is 16.5. The zero-order chi connectivity index (χ0) is 39.6. The highest BCUT2D eigenvalue weighted by Gasteiger charge is 2.52. The Labute approximate surface area is 349 Å². The molecule has 0 bridgehead atoms. The molecule has 0 N–H and O–H groups in total. The van der Waals surface area contributed by atoms with Gasteiger partial charge in [0.05, 0.1) is 16.8 Å². The second kappa shape index (κ2) is 13.8. The third-order valence-corrected chi connectivity index (χ3v) is 12.7. The molecule has 9 aromatic rings. The Kier molecular flexibility index (Phi) is 7.89. The van der Waals surface area contributed by atoms with E-state index >= 15 is 0 Å². The van der Waals surface area contributed by atoms with Crippen LogP contribution in [0.2, 0.25) is 0 Å². The number of nitrogens with zero attached hydrogens (tertiary/aromatic N) is 2. The number of hydrogen-bond donors (Lipinski definition) is 0. The first kappa shape index (κ1) is 34.4. The van der Waals surface area contributed by atoms with Gasteiger partial charge in [0.25, 0.3) is 0 Å². The Hall–Kier alpha value is -7.62. The third kappa shape index (κ3) is 5.22. The molecule has 8 aromatic carbocycles. The quantitative estimate of drug-likeness (QED) is 0.175. The Bertz CT molecular complexity index is 3240. The van der Waals surface area contributed by atoms with Gasteiger partial charge in [0.15, 0.2) is 5.82 Å². The van der Waals surface area contributed by atoms with Crippen molar-refractivity contribution >= 4 is 16.3 Å². The number of ether oxygens (including phenoxy) is 1. The molecule has 1 aliphatic heterocycles. The summed E-state index contributed by atoms with van der Waals surface area (Å²) in [6.45, 7) is 0. The summed E-state index contributed by atoms with van der Waals surface area (Å²) >= 11 is 0. The Morgan fingerprint density at radius 2 is 1.03 bits per heavy atom. The molecule has 2 aliphatic carbocycles. The molecule has 2 heterocycles.